The Balaban J connectivity index is 1.41. The van der Waals surface area contributed by atoms with E-state index in [9.17, 15) is 9.18 Å². The average Bonchev–Trinajstić information content (AvgIpc) is 2.67. The second-order valence-corrected chi connectivity index (χ2v) is 6.15. The number of rotatable bonds is 6. The molecule has 1 aliphatic rings. The smallest absolute Gasteiger partial charge is 0.234 e. The van der Waals surface area contributed by atoms with Gasteiger partial charge in [0.2, 0.25) is 5.91 Å². The number of nitrogens with zero attached hydrogens (tertiary/aromatic N) is 3. The van der Waals surface area contributed by atoms with Crippen LogP contribution in [0.5, 0.6) is 0 Å². The fourth-order valence-electron chi connectivity index (χ4n) is 2.92. The lowest BCUT2D eigenvalue weighted by atomic mass is 10.1. The number of benzene rings is 1. The Bertz CT molecular complexity index is 680. The van der Waals surface area contributed by atoms with Gasteiger partial charge in [-0.05, 0) is 42.7 Å². The number of nitrogens with one attached hydrogen (secondary N) is 2. The normalized spacial score (nSPS) is 17.3. The van der Waals surface area contributed by atoms with Crippen LogP contribution in [0.15, 0.2) is 42.6 Å². The van der Waals surface area contributed by atoms with E-state index >= 15 is 0 Å². The first kappa shape index (κ1) is 17.3. The standard InChI is InChI=1S/C18H22FN5O/c19-15-7-5-14(6-8-15)11-21-18(25)12-20-16-3-2-10-24(13-16)17-4-1-9-22-23-17/h1,4-9,16,20H,2-3,10-13H2,(H,21,25)/t16-/m1/s1. The lowest BCUT2D eigenvalue weighted by molar-refractivity contribution is -0.120. The molecule has 2 aromatic rings. The van der Waals surface area contributed by atoms with Gasteiger partial charge in [0, 0.05) is 31.9 Å². The molecular formula is C18H22FN5O. The van der Waals surface area contributed by atoms with Gasteiger partial charge in [-0.25, -0.2) is 4.39 Å². The van der Waals surface area contributed by atoms with Gasteiger partial charge in [0.15, 0.2) is 5.82 Å². The van der Waals surface area contributed by atoms with Crippen LogP contribution in [-0.2, 0) is 11.3 Å². The van der Waals surface area contributed by atoms with Gasteiger partial charge in [-0.3, -0.25) is 4.79 Å². The Hall–Kier alpha value is -2.54. The van der Waals surface area contributed by atoms with Crippen LogP contribution in [0.3, 0.4) is 0 Å². The molecule has 1 amide bonds. The third-order valence-electron chi connectivity index (χ3n) is 4.26. The van der Waals surface area contributed by atoms with Gasteiger partial charge >= 0.3 is 0 Å². The number of amides is 1. The maximum Gasteiger partial charge on any atom is 0.234 e. The van der Waals surface area contributed by atoms with E-state index in [1.54, 1.807) is 18.3 Å². The number of piperidine rings is 1. The molecule has 6 nitrogen and oxygen atoms in total. The van der Waals surface area contributed by atoms with E-state index in [2.05, 4.69) is 25.7 Å². The van der Waals surface area contributed by atoms with Crippen LogP contribution in [-0.4, -0.2) is 41.8 Å². The summed E-state index contributed by atoms with van der Waals surface area (Å²) in [6, 6.07) is 10.2. The molecule has 25 heavy (non-hydrogen) atoms. The van der Waals surface area contributed by atoms with Crippen molar-refractivity contribution in [2.45, 2.75) is 25.4 Å². The minimum Gasteiger partial charge on any atom is -0.354 e. The molecule has 1 atom stereocenters. The van der Waals surface area contributed by atoms with E-state index in [0.29, 0.717) is 6.54 Å². The van der Waals surface area contributed by atoms with Crippen molar-refractivity contribution in [2.75, 3.05) is 24.5 Å². The van der Waals surface area contributed by atoms with E-state index in [1.807, 2.05) is 12.1 Å². The maximum absolute atomic E-state index is 12.9. The van der Waals surface area contributed by atoms with Crippen molar-refractivity contribution in [3.63, 3.8) is 0 Å². The summed E-state index contributed by atoms with van der Waals surface area (Å²) in [4.78, 5) is 14.2. The zero-order valence-electron chi connectivity index (χ0n) is 14.0. The van der Waals surface area contributed by atoms with Crippen molar-refractivity contribution in [1.82, 2.24) is 20.8 Å². The fourth-order valence-corrected chi connectivity index (χ4v) is 2.92. The molecule has 0 unspecified atom stereocenters. The van der Waals surface area contributed by atoms with Gasteiger partial charge in [0.05, 0.1) is 6.54 Å². The van der Waals surface area contributed by atoms with E-state index in [1.165, 1.54) is 12.1 Å². The second kappa shape index (κ2) is 8.53. The number of carbonyl (C=O) groups is 1. The topological polar surface area (TPSA) is 70.2 Å². The number of hydrogen-bond donors (Lipinski definition) is 2. The van der Waals surface area contributed by atoms with Crippen LogP contribution in [0.25, 0.3) is 0 Å². The van der Waals surface area contributed by atoms with E-state index < -0.39 is 0 Å². The van der Waals surface area contributed by atoms with Crippen LogP contribution in [0, 0.1) is 5.82 Å². The first-order valence-electron chi connectivity index (χ1n) is 8.48. The summed E-state index contributed by atoms with van der Waals surface area (Å²) < 4.78 is 12.9. The Morgan fingerprint density at radius 3 is 2.88 bits per heavy atom. The zero-order chi connectivity index (χ0) is 17.5. The molecule has 1 aliphatic heterocycles. The second-order valence-electron chi connectivity index (χ2n) is 6.15. The van der Waals surface area contributed by atoms with Crippen molar-refractivity contribution in [3.05, 3.63) is 54.0 Å². The Kier molecular flexibility index (Phi) is 5.90. The van der Waals surface area contributed by atoms with Crippen molar-refractivity contribution in [2.24, 2.45) is 0 Å². The minimum absolute atomic E-state index is 0.0686. The highest BCUT2D eigenvalue weighted by Crippen LogP contribution is 2.16. The number of halogens is 1. The Morgan fingerprint density at radius 1 is 1.28 bits per heavy atom. The zero-order valence-corrected chi connectivity index (χ0v) is 14.0. The molecule has 0 radical (unpaired) electrons. The fraction of sp³-hybridized carbons (Fsp3) is 0.389. The summed E-state index contributed by atoms with van der Waals surface area (Å²) in [7, 11) is 0. The van der Waals surface area contributed by atoms with Gasteiger partial charge in [0.25, 0.3) is 0 Å². The van der Waals surface area contributed by atoms with E-state index in [4.69, 9.17) is 0 Å². The summed E-state index contributed by atoms with van der Waals surface area (Å²) in [6.07, 6.45) is 3.74. The number of aromatic nitrogens is 2. The number of carbonyl (C=O) groups excluding carboxylic acids is 1. The third kappa shape index (κ3) is 5.22. The van der Waals surface area contributed by atoms with Crippen LogP contribution < -0.4 is 15.5 Å². The van der Waals surface area contributed by atoms with Gasteiger partial charge in [-0.2, -0.15) is 5.10 Å². The number of anilines is 1. The van der Waals surface area contributed by atoms with Crippen LogP contribution in [0.1, 0.15) is 18.4 Å². The van der Waals surface area contributed by atoms with Crippen LogP contribution in [0.2, 0.25) is 0 Å². The molecule has 0 spiro atoms. The quantitative estimate of drug-likeness (QED) is 0.832. The molecule has 0 aliphatic carbocycles. The molecular weight excluding hydrogens is 321 g/mol. The van der Waals surface area contributed by atoms with Crippen LogP contribution >= 0.6 is 0 Å². The first-order valence-corrected chi connectivity index (χ1v) is 8.48. The Morgan fingerprint density at radius 2 is 2.12 bits per heavy atom. The monoisotopic (exact) mass is 343 g/mol. The minimum atomic E-state index is -0.276. The van der Waals surface area contributed by atoms with E-state index in [-0.39, 0.29) is 24.3 Å². The number of hydrogen-bond acceptors (Lipinski definition) is 5. The highest BCUT2D eigenvalue weighted by atomic mass is 19.1. The molecule has 2 heterocycles. The average molecular weight is 343 g/mol. The molecule has 3 rings (SSSR count). The summed E-state index contributed by atoms with van der Waals surface area (Å²) in [5.74, 6) is 0.525. The van der Waals surface area contributed by atoms with Crippen molar-refractivity contribution in [1.29, 1.82) is 0 Å². The molecule has 1 aromatic carbocycles. The summed E-state index contributed by atoms with van der Waals surface area (Å²) >= 11 is 0. The largest absolute Gasteiger partial charge is 0.354 e. The van der Waals surface area contributed by atoms with Crippen molar-refractivity contribution < 1.29 is 9.18 Å². The van der Waals surface area contributed by atoms with Gasteiger partial charge in [0.1, 0.15) is 5.82 Å². The molecule has 1 aromatic heterocycles. The molecule has 2 N–H and O–H groups in total. The lowest BCUT2D eigenvalue weighted by Gasteiger charge is -2.33. The van der Waals surface area contributed by atoms with Crippen LogP contribution in [0.4, 0.5) is 10.2 Å². The van der Waals surface area contributed by atoms with Gasteiger partial charge in [-0.1, -0.05) is 12.1 Å². The summed E-state index contributed by atoms with van der Waals surface area (Å²) in [6.45, 7) is 2.43. The Labute approximate surface area is 146 Å². The van der Waals surface area contributed by atoms with E-state index in [0.717, 1.165) is 37.3 Å². The predicted octanol–water partition coefficient (Wildman–Crippen LogP) is 1.49. The molecule has 1 fully saturated rings. The lowest BCUT2D eigenvalue weighted by Crippen LogP contribution is -2.48. The SMILES string of the molecule is O=C(CN[C@@H]1CCCN(c2cccnn2)C1)NCc1ccc(F)cc1. The molecule has 0 bridgehead atoms. The molecule has 7 heteroatoms. The van der Waals surface area contributed by atoms with Gasteiger partial charge in [-0.15, -0.1) is 5.10 Å². The van der Waals surface area contributed by atoms with Crippen molar-refractivity contribution in [3.8, 4) is 0 Å². The van der Waals surface area contributed by atoms with Crippen molar-refractivity contribution >= 4 is 11.7 Å². The van der Waals surface area contributed by atoms with Gasteiger partial charge < -0.3 is 15.5 Å². The molecule has 132 valence electrons. The summed E-state index contributed by atoms with van der Waals surface area (Å²) in [5.41, 5.74) is 0.876. The highest BCUT2D eigenvalue weighted by molar-refractivity contribution is 5.78. The predicted molar refractivity (Wildman–Crippen MR) is 93.5 cm³/mol. The highest BCUT2D eigenvalue weighted by Gasteiger charge is 2.21. The third-order valence-corrected chi connectivity index (χ3v) is 4.26. The molecule has 0 saturated carbocycles. The first-order chi connectivity index (χ1) is 12.2. The summed E-state index contributed by atoms with van der Waals surface area (Å²) in [5, 5.41) is 14.2. The molecule has 1 saturated heterocycles. The maximum atomic E-state index is 12.9.